The maximum atomic E-state index is 10.9. The Morgan fingerprint density at radius 2 is 2.20 bits per heavy atom. The quantitative estimate of drug-likeness (QED) is 0.824. The average Bonchev–Trinajstić information content (AvgIpc) is 2.33. The number of carbonyl (C=O) groups is 1. The fraction of sp³-hybridized carbons (Fsp3) is 0.500. The van der Waals surface area contributed by atoms with Gasteiger partial charge in [0.1, 0.15) is 0 Å². The number of rotatable bonds is 4. The molecule has 1 aromatic rings. The van der Waals surface area contributed by atoms with Gasteiger partial charge in [0.05, 0.1) is 0 Å². The third-order valence-corrected chi connectivity index (χ3v) is 1.78. The van der Waals surface area contributed by atoms with Gasteiger partial charge in [-0.3, -0.25) is 9.78 Å². The molecule has 1 heterocycles. The Hall–Kier alpha value is -1.38. The van der Waals surface area contributed by atoms with Crippen LogP contribution in [0.5, 0.6) is 0 Å². The van der Waals surface area contributed by atoms with E-state index in [1.807, 2.05) is 39.1 Å². The molecule has 0 aliphatic heterocycles. The minimum absolute atomic E-state index is 0.101. The van der Waals surface area contributed by atoms with Crippen molar-refractivity contribution in [3.63, 3.8) is 0 Å². The number of amides is 1. The third kappa shape index (κ3) is 6.66. The van der Waals surface area contributed by atoms with E-state index in [1.165, 1.54) is 0 Å². The normalized spacial score (nSPS) is 8.73. The Bertz CT molecular complexity index is 260. The van der Waals surface area contributed by atoms with Crippen LogP contribution in [0.15, 0.2) is 24.5 Å². The number of carbonyl (C=O) groups excluding carboxylic acids is 1. The summed E-state index contributed by atoms with van der Waals surface area (Å²) in [5, 5.41) is 2.81. The molecule has 0 aliphatic carbocycles. The molecular weight excluding hydrogens is 188 g/mol. The van der Waals surface area contributed by atoms with E-state index in [0.717, 1.165) is 12.0 Å². The maximum Gasteiger partial charge on any atom is 0.219 e. The molecule has 0 unspecified atom stereocenters. The molecule has 0 saturated carbocycles. The predicted octanol–water partition coefficient (Wildman–Crippen LogP) is 2.18. The van der Waals surface area contributed by atoms with E-state index in [-0.39, 0.29) is 5.91 Å². The Morgan fingerprint density at radius 1 is 1.47 bits per heavy atom. The number of hydrogen-bond donors (Lipinski definition) is 1. The summed E-state index contributed by atoms with van der Waals surface area (Å²) in [5.41, 5.74) is 1.15. The Morgan fingerprint density at radius 3 is 2.73 bits per heavy atom. The van der Waals surface area contributed by atoms with Crippen LogP contribution in [0.1, 0.15) is 32.8 Å². The highest BCUT2D eigenvalue weighted by atomic mass is 16.1. The fourth-order valence-corrected chi connectivity index (χ4v) is 1.02. The van der Waals surface area contributed by atoms with Gasteiger partial charge in [-0.1, -0.05) is 26.8 Å². The summed E-state index contributed by atoms with van der Waals surface area (Å²) in [7, 11) is 0. The minimum Gasteiger partial charge on any atom is -0.356 e. The lowest BCUT2D eigenvalue weighted by Gasteiger charge is -2.02. The molecule has 0 radical (unpaired) electrons. The van der Waals surface area contributed by atoms with Crippen LogP contribution < -0.4 is 5.32 Å². The number of hydrogen-bond acceptors (Lipinski definition) is 2. The number of pyridine rings is 1. The van der Waals surface area contributed by atoms with Gasteiger partial charge in [-0.05, 0) is 18.1 Å². The molecule has 0 bridgehead atoms. The van der Waals surface area contributed by atoms with E-state index in [1.54, 1.807) is 6.20 Å². The Kier molecular flexibility index (Phi) is 8.34. The smallest absolute Gasteiger partial charge is 0.219 e. The molecule has 84 valence electrons. The summed E-state index contributed by atoms with van der Waals surface area (Å²) < 4.78 is 0. The summed E-state index contributed by atoms with van der Waals surface area (Å²) >= 11 is 0. The topological polar surface area (TPSA) is 42.0 Å². The van der Waals surface area contributed by atoms with Gasteiger partial charge in [0.25, 0.3) is 0 Å². The van der Waals surface area contributed by atoms with Crippen LogP contribution in [0.25, 0.3) is 0 Å². The van der Waals surface area contributed by atoms with Crippen LogP contribution in [0.4, 0.5) is 0 Å². The maximum absolute atomic E-state index is 10.9. The largest absolute Gasteiger partial charge is 0.356 e. The monoisotopic (exact) mass is 208 g/mol. The van der Waals surface area contributed by atoms with Crippen LogP contribution in [0.2, 0.25) is 0 Å². The zero-order chi connectivity index (χ0) is 11.5. The molecule has 1 aromatic heterocycles. The first-order valence-corrected chi connectivity index (χ1v) is 5.48. The van der Waals surface area contributed by atoms with Gasteiger partial charge in [-0.15, -0.1) is 0 Å². The zero-order valence-electron chi connectivity index (χ0n) is 9.79. The van der Waals surface area contributed by atoms with Crippen LogP contribution >= 0.6 is 0 Å². The number of nitrogens with zero attached hydrogens (tertiary/aromatic N) is 1. The van der Waals surface area contributed by atoms with Crippen LogP contribution in [-0.4, -0.2) is 17.4 Å². The van der Waals surface area contributed by atoms with Gasteiger partial charge in [0.2, 0.25) is 5.91 Å². The van der Waals surface area contributed by atoms with E-state index < -0.39 is 0 Å². The second-order valence-electron chi connectivity index (χ2n) is 2.81. The SMILES string of the molecule is CC.CCC(=O)NCCc1cccnc1. The highest BCUT2D eigenvalue weighted by Gasteiger charge is 1.95. The molecule has 0 atom stereocenters. The van der Waals surface area contributed by atoms with Crippen LogP contribution in [0, 0.1) is 0 Å². The van der Waals surface area contributed by atoms with Crippen molar-refractivity contribution in [2.45, 2.75) is 33.6 Å². The highest BCUT2D eigenvalue weighted by molar-refractivity contribution is 5.75. The number of aromatic nitrogens is 1. The summed E-state index contributed by atoms with van der Waals surface area (Å²) in [6.07, 6.45) is 4.96. The van der Waals surface area contributed by atoms with Crippen molar-refractivity contribution >= 4 is 5.91 Å². The summed E-state index contributed by atoms with van der Waals surface area (Å²) in [6.45, 7) is 6.54. The van der Waals surface area contributed by atoms with E-state index >= 15 is 0 Å². The zero-order valence-corrected chi connectivity index (χ0v) is 9.79. The molecule has 3 heteroatoms. The van der Waals surface area contributed by atoms with Crippen molar-refractivity contribution in [1.29, 1.82) is 0 Å². The minimum atomic E-state index is 0.101. The summed E-state index contributed by atoms with van der Waals surface area (Å²) in [4.78, 5) is 14.9. The van der Waals surface area contributed by atoms with Crippen LogP contribution in [0.3, 0.4) is 0 Å². The van der Waals surface area contributed by atoms with E-state index in [9.17, 15) is 4.79 Å². The van der Waals surface area contributed by atoms with Crippen molar-refractivity contribution < 1.29 is 4.79 Å². The molecule has 0 fully saturated rings. The van der Waals surface area contributed by atoms with Crippen LogP contribution in [-0.2, 0) is 11.2 Å². The molecule has 3 nitrogen and oxygen atoms in total. The molecule has 0 spiro atoms. The lowest BCUT2D eigenvalue weighted by atomic mass is 10.2. The third-order valence-electron chi connectivity index (χ3n) is 1.78. The van der Waals surface area contributed by atoms with Gasteiger partial charge in [-0.2, -0.15) is 0 Å². The second-order valence-corrected chi connectivity index (χ2v) is 2.81. The molecule has 0 aromatic carbocycles. The molecule has 15 heavy (non-hydrogen) atoms. The Labute approximate surface area is 91.9 Å². The van der Waals surface area contributed by atoms with Crippen molar-refractivity contribution in [1.82, 2.24) is 10.3 Å². The molecule has 1 amide bonds. The first kappa shape index (κ1) is 13.6. The molecule has 0 saturated heterocycles. The van der Waals surface area contributed by atoms with Gasteiger partial charge >= 0.3 is 0 Å². The van der Waals surface area contributed by atoms with Crippen molar-refractivity contribution in [3.05, 3.63) is 30.1 Å². The highest BCUT2D eigenvalue weighted by Crippen LogP contribution is 1.95. The van der Waals surface area contributed by atoms with Gasteiger partial charge in [0.15, 0.2) is 0 Å². The van der Waals surface area contributed by atoms with E-state index in [2.05, 4.69) is 10.3 Å². The average molecular weight is 208 g/mol. The first-order valence-electron chi connectivity index (χ1n) is 5.48. The summed E-state index contributed by atoms with van der Waals surface area (Å²) in [5.74, 6) is 0.101. The lowest BCUT2D eigenvalue weighted by molar-refractivity contribution is -0.120. The standard InChI is InChI=1S/C10H14N2O.C2H6/c1-2-10(13)12-7-5-9-4-3-6-11-8-9;1-2/h3-4,6,8H,2,5,7H2,1H3,(H,12,13);1-2H3. The lowest BCUT2D eigenvalue weighted by Crippen LogP contribution is -2.24. The molecule has 1 N–H and O–H groups in total. The second kappa shape index (κ2) is 9.19. The molecule has 1 rings (SSSR count). The summed E-state index contributed by atoms with van der Waals surface area (Å²) in [6, 6.07) is 3.90. The van der Waals surface area contributed by atoms with E-state index in [4.69, 9.17) is 0 Å². The van der Waals surface area contributed by atoms with Crippen molar-refractivity contribution in [2.24, 2.45) is 0 Å². The van der Waals surface area contributed by atoms with Crippen molar-refractivity contribution in [3.8, 4) is 0 Å². The predicted molar refractivity (Wildman–Crippen MR) is 62.6 cm³/mol. The number of nitrogens with one attached hydrogen (secondary N) is 1. The van der Waals surface area contributed by atoms with Gasteiger partial charge < -0.3 is 5.32 Å². The fourth-order valence-electron chi connectivity index (χ4n) is 1.02. The van der Waals surface area contributed by atoms with Gasteiger partial charge in [-0.25, -0.2) is 0 Å². The Balaban J connectivity index is 0.000000921. The van der Waals surface area contributed by atoms with Gasteiger partial charge in [0, 0.05) is 25.4 Å². The molecular formula is C12H20N2O. The first-order chi connectivity index (χ1) is 7.33. The molecule has 0 aliphatic rings. The van der Waals surface area contributed by atoms with Crippen molar-refractivity contribution in [2.75, 3.05) is 6.54 Å². The van der Waals surface area contributed by atoms with E-state index in [0.29, 0.717) is 13.0 Å².